The summed E-state index contributed by atoms with van der Waals surface area (Å²) in [6.45, 7) is 6.83. The molecule has 1 aliphatic carbocycles. The van der Waals surface area contributed by atoms with Crippen molar-refractivity contribution in [2.45, 2.75) is 12.5 Å². The van der Waals surface area contributed by atoms with Gasteiger partial charge in [-0.3, -0.25) is 9.48 Å². The zero-order valence-corrected chi connectivity index (χ0v) is 29.7. The zero-order chi connectivity index (χ0) is 32.7. The van der Waals surface area contributed by atoms with Crippen LogP contribution in [0.1, 0.15) is 12.0 Å². The molecule has 1 aromatic carbocycles. The van der Waals surface area contributed by atoms with Gasteiger partial charge in [0.1, 0.15) is 18.1 Å². The van der Waals surface area contributed by atoms with Crippen LogP contribution in [0.2, 0.25) is 0 Å². The third-order valence-corrected chi connectivity index (χ3v) is 10.2. The van der Waals surface area contributed by atoms with Crippen LogP contribution in [0.15, 0.2) is 113 Å². The lowest BCUT2D eigenvalue weighted by atomic mass is 9.99. The average molecular weight is 648 g/mol. The van der Waals surface area contributed by atoms with Crippen molar-refractivity contribution in [2.24, 2.45) is 4.99 Å². The molecule has 0 radical (unpaired) electrons. The summed E-state index contributed by atoms with van der Waals surface area (Å²) < 4.78 is 12.1. The van der Waals surface area contributed by atoms with Crippen molar-refractivity contribution in [3.8, 4) is 5.75 Å². The third kappa shape index (κ3) is 11.9. The molecule has 0 bridgehead atoms. The molecule has 2 aliphatic rings. The number of rotatable bonds is 17. The molecule has 0 saturated carbocycles. The number of anilines is 1. The first-order chi connectivity index (χ1) is 21.7. The molecule has 45 heavy (non-hydrogen) atoms. The number of aliphatic imine (C=N–C) groups is 1. The van der Waals surface area contributed by atoms with E-state index in [1.807, 2.05) is 72.3 Å². The molecule has 3 rings (SSSR count). The number of methoxy groups -OCH3 is 2. The van der Waals surface area contributed by atoms with E-state index < -0.39 is 0 Å². The number of benzene rings is 1. The van der Waals surface area contributed by atoms with Crippen LogP contribution in [0.3, 0.4) is 0 Å². The predicted octanol–water partition coefficient (Wildman–Crippen LogP) is 7.59. The number of nitrogens with zero attached hydrogens (tertiary/aromatic N) is 4. The summed E-state index contributed by atoms with van der Waals surface area (Å²) in [6.07, 6.45) is 26.5. The Morgan fingerprint density at radius 1 is 1.07 bits per heavy atom. The van der Waals surface area contributed by atoms with Crippen LogP contribution < -0.4 is 9.64 Å². The summed E-state index contributed by atoms with van der Waals surface area (Å²) in [5.41, 5.74) is 5.53. The van der Waals surface area contributed by atoms with E-state index in [0.29, 0.717) is 6.04 Å². The van der Waals surface area contributed by atoms with Crippen molar-refractivity contribution in [3.05, 3.63) is 114 Å². The van der Waals surface area contributed by atoms with Gasteiger partial charge in [-0.05, 0) is 68.1 Å². The summed E-state index contributed by atoms with van der Waals surface area (Å²) in [5, 5.41) is 0. The van der Waals surface area contributed by atoms with Gasteiger partial charge in [0.05, 0.1) is 39.8 Å². The molecule has 0 fully saturated rings. The van der Waals surface area contributed by atoms with Crippen molar-refractivity contribution in [1.82, 2.24) is 4.90 Å². The SMILES string of the molecule is C=CC(/C=C/c1ccc(N(C)C)cc1OC)=C\C=NCCSSCC[N+]1(C)C=CC(/C=C/C2=CCC(N(C)C)C=C2OC)=CC1. The van der Waals surface area contributed by atoms with Crippen LogP contribution >= 0.6 is 21.6 Å². The second-order valence-corrected chi connectivity index (χ2v) is 14.3. The van der Waals surface area contributed by atoms with Crippen molar-refractivity contribution >= 4 is 39.6 Å². The number of quaternary nitrogens is 1. The quantitative estimate of drug-likeness (QED) is 0.0571. The van der Waals surface area contributed by atoms with Gasteiger partial charge in [-0.25, -0.2) is 0 Å². The lowest BCUT2D eigenvalue weighted by Gasteiger charge is -2.31. The fourth-order valence-corrected chi connectivity index (χ4v) is 6.79. The molecule has 2 unspecified atom stereocenters. The highest BCUT2D eigenvalue weighted by Crippen LogP contribution is 2.27. The van der Waals surface area contributed by atoms with E-state index in [-0.39, 0.29) is 0 Å². The van der Waals surface area contributed by atoms with Gasteiger partial charge in [-0.15, -0.1) is 0 Å². The number of likely N-dealkylation sites (N-methyl/N-ethyl adjacent to an activating group) is 2. The fraction of sp³-hybridized carbons (Fsp3) is 0.378. The molecule has 242 valence electrons. The Balaban J connectivity index is 1.35. The van der Waals surface area contributed by atoms with Crippen molar-refractivity contribution in [2.75, 3.05) is 85.5 Å². The van der Waals surface area contributed by atoms with E-state index in [1.54, 1.807) is 14.2 Å². The molecule has 6 nitrogen and oxygen atoms in total. The first kappa shape index (κ1) is 36.3. The van der Waals surface area contributed by atoms with Crippen LogP contribution in [0.5, 0.6) is 5.75 Å². The van der Waals surface area contributed by atoms with E-state index >= 15 is 0 Å². The molecule has 1 aliphatic heterocycles. The van der Waals surface area contributed by atoms with Crippen LogP contribution in [0, 0.1) is 0 Å². The van der Waals surface area contributed by atoms with Crippen LogP contribution in [-0.2, 0) is 4.74 Å². The summed E-state index contributed by atoms with van der Waals surface area (Å²) >= 11 is 0. The van der Waals surface area contributed by atoms with Gasteiger partial charge in [-0.2, -0.15) is 0 Å². The minimum atomic E-state index is 0.386. The normalized spacial score (nSPS) is 20.6. The van der Waals surface area contributed by atoms with Gasteiger partial charge in [0.25, 0.3) is 0 Å². The number of hydrogen-bond acceptors (Lipinski definition) is 7. The summed E-state index contributed by atoms with van der Waals surface area (Å²) in [4.78, 5) is 8.84. The highest BCUT2D eigenvalue weighted by molar-refractivity contribution is 8.76. The second kappa shape index (κ2) is 18.7. The molecule has 0 N–H and O–H groups in total. The van der Waals surface area contributed by atoms with Crippen LogP contribution in [0.25, 0.3) is 6.08 Å². The fourth-order valence-electron chi connectivity index (χ4n) is 4.73. The Hall–Kier alpha value is -3.17. The Bertz CT molecular complexity index is 1380. The zero-order valence-electron chi connectivity index (χ0n) is 28.1. The molecular weight excluding hydrogens is 597 g/mol. The molecule has 8 heteroatoms. The summed E-state index contributed by atoms with van der Waals surface area (Å²) in [6, 6.07) is 6.58. The van der Waals surface area contributed by atoms with Gasteiger partial charge in [-0.1, -0.05) is 64.6 Å². The predicted molar refractivity (Wildman–Crippen MR) is 200 cm³/mol. The molecular formula is C37H51N4O2S2+. The topological polar surface area (TPSA) is 37.3 Å². The monoisotopic (exact) mass is 647 g/mol. The summed E-state index contributed by atoms with van der Waals surface area (Å²) in [5.74, 6) is 3.88. The average Bonchev–Trinajstić information content (AvgIpc) is 3.04. The maximum absolute atomic E-state index is 5.65. The van der Waals surface area contributed by atoms with Crippen LogP contribution in [-0.4, -0.2) is 102 Å². The van der Waals surface area contributed by atoms with E-state index in [0.717, 1.165) is 75.9 Å². The lowest BCUT2D eigenvalue weighted by molar-refractivity contribution is -0.851. The molecule has 1 aromatic rings. The third-order valence-electron chi connectivity index (χ3n) is 7.79. The van der Waals surface area contributed by atoms with E-state index in [9.17, 15) is 0 Å². The lowest BCUT2D eigenvalue weighted by Crippen LogP contribution is -2.41. The number of ether oxygens (including phenoxy) is 2. The Labute approximate surface area is 279 Å². The van der Waals surface area contributed by atoms with Gasteiger partial charge < -0.3 is 19.3 Å². The Morgan fingerprint density at radius 3 is 2.53 bits per heavy atom. The van der Waals surface area contributed by atoms with E-state index in [4.69, 9.17) is 9.47 Å². The highest BCUT2D eigenvalue weighted by Gasteiger charge is 2.20. The molecule has 1 heterocycles. The van der Waals surface area contributed by atoms with Gasteiger partial charge in [0.2, 0.25) is 0 Å². The van der Waals surface area contributed by atoms with E-state index in [1.165, 1.54) is 5.57 Å². The van der Waals surface area contributed by atoms with Crippen molar-refractivity contribution < 1.29 is 14.0 Å². The Kier molecular flexibility index (Phi) is 15.1. The largest absolute Gasteiger partial charge is 0.496 e. The smallest absolute Gasteiger partial charge is 0.128 e. The van der Waals surface area contributed by atoms with E-state index in [2.05, 4.69) is 97.3 Å². The highest BCUT2D eigenvalue weighted by atomic mass is 33.1. The maximum Gasteiger partial charge on any atom is 0.128 e. The van der Waals surface area contributed by atoms with Crippen molar-refractivity contribution in [1.29, 1.82) is 0 Å². The van der Waals surface area contributed by atoms with Crippen molar-refractivity contribution in [3.63, 3.8) is 0 Å². The van der Waals surface area contributed by atoms with Crippen LogP contribution in [0.4, 0.5) is 5.69 Å². The molecule has 0 amide bonds. The van der Waals surface area contributed by atoms with Gasteiger partial charge in [0, 0.05) is 61.5 Å². The Morgan fingerprint density at radius 2 is 1.87 bits per heavy atom. The minimum Gasteiger partial charge on any atom is -0.496 e. The molecule has 0 aromatic heterocycles. The molecule has 2 atom stereocenters. The standard InChI is InChI=1S/C37H51N4O2S2/c1-9-30(10-12-32-14-16-34(39(2)3)28-36(32)42-7)18-21-38-22-26-44-45-27-25-41(6)23-19-31(20-24-41)11-13-33-15-17-35(40(4)5)29-37(33)43-8/h9-16,18-21,23,28-29,35H,1,17,22,24-27H2,2-8H3/q+1/b12-10+,13-11+,30-18+,38-21?. The first-order valence-corrected chi connectivity index (χ1v) is 17.8. The number of hydrogen-bond donors (Lipinski definition) is 0. The molecule has 0 saturated heterocycles. The minimum absolute atomic E-state index is 0.386. The van der Waals surface area contributed by atoms with Gasteiger partial charge in [0.15, 0.2) is 0 Å². The summed E-state index contributed by atoms with van der Waals surface area (Å²) in [7, 11) is 17.8. The second-order valence-electron chi connectivity index (χ2n) is 11.6. The number of allylic oxidation sites excluding steroid dienone is 8. The van der Waals surface area contributed by atoms with Gasteiger partial charge >= 0.3 is 0 Å². The maximum atomic E-state index is 5.65. The first-order valence-electron chi connectivity index (χ1n) is 15.3. The molecule has 0 spiro atoms.